The van der Waals surface area contributed by atoms with Crippen LogP contribution in [0, 0.1) is 21.3 Å². The van der Waals surface area contributed by atoms with Gasteiger partial charge in [-0.2, -0.15) is 0 Å². The zero-order valence-electron chi connectivity index (χ0n) is 14.8. The molecule has 2 N–H and O–H groups in total. The summed E-state index contributed by atoms with van der Waals surface area (Å²) >= 11 is 0. The third-order valence-electron chi connectivity index (χ3n) is 4.30. The third-order valence-corrected chi connectivity index (χ3v) is 6.01. The number of benzene rings is 1. The first-order valence-corrected chi connectivity index (χ1v) is 8.66. The summed E-state index contributed by atoms with van der Waals surface area (Å²) in [5.74, 6) is -0.664. The standard InChI is InChI=1S/C16H25FN2O4S/c1-14(2,3)24(23)18-16(6,15(4,5)10-20)12-9-11(19(21)22)7-8-13(12)17/h7-9,18,20H,10H2,1-6H3/t16-,24-/m1/s1. The zero-order chi connectivity index (χ0) is 18.9. The number of hydrogen-bond acceptors (Lipinski definition) is 4. The summed E-state index contributed by atoms with van der Waals surface area (Å²) in [5, 5.41) is 20.8. The van der Waals surface area contributed by atoms with Crippen molar-refractivity contribution in [3.63, 3.8) is 0 Å². The Hall–Kier alpha value is -1.38. The van der Waals surface area contributed by atoms with Gasteiger partial charge in [-0.05, 0) is 33.8 Å². The molecule has 24 heavy (non-hydrogen) atoms. The molecule has 0 aliphatic heterocycles. The number of aliphatic hydroxyl groups excluding tert-OH is 1. The molecule has 0 unspecified atom stereocenters. The van der Waals surface area contributed by atoms with Gasteiger partial charge < -0.3 is 5.11 Å². The molecule has 136 valence electrons. The van der Waals surface area contributed by atoms with Crippen molar-refractivity contribution in [2.45, 2.75) is 51.8 Å². The summed E-state index contributed by atoms with van der Waals surface area (Å²) in [4.78, 5) is 10.4. The Morgan fingerprint density at radius 2 is 1.79 bits per heavy atom. The van der Waals surface area contributed by atoms with Crippen molar-refractivity contribution in [2.75, 3.05) is 6.61 Å². The summed E-state index contributed by atoms with van der Waals surface area (Å²) < 4.78 is 29.4. The van der Waals surface area contributed by atoms with Crippen LogP contribution in [0.3, 0.4) is 0 Å². The van der Waals surface area contributed by atoms with Gasteiger partial charge in [0.25, 0.3) is 5.69 Å². The molecule has 0 spiro atoms. The second-order valence-electron chi connectivity index (χ2n) is 7.57. The van der Waals surface area contributed by atoms with E-state index in [9.17, 15) is 23.8 Å². The summed E-state index contributed by atoms with van der Waals surface area (Å²) in [6.45, 7) is 9.88. The fraction of sp³-hybridized carbons (Fsp3) is 0.625. The average Bonchev–Trinajstić information content (AvgIpc) is 2.45. The van der Waals surface area contributed by atoms with Crippen molar-refractivity contribution in [1.29, 1.82) is 0 Å². The van der Waals surface area contributed by atoms with E-state index in [4.69, 9.17) is 0 Å². The molecule has 0 aliphatic rings. The molecule has 0 radical (unpaired) electrons. The number of nitro groups is 1. The van der Waals surface area contributed by atoms with Crippen molar-refractivity contribution in [3.05, 3.63) is 39.7 Å². The van der Waals surface area contributed by atoms with E-state index in [-0.39, 0.29) is 17.9 Å². The highest BCUT2D eigenvalue weighted by Gasteiger charge is 2.46. The molecule has 0 heterocycles. The zero-order valence-corrected chi connectivity index (χ0v) is 15.7. The second kappa shape index (κ2) is 6.85. The first-order valence-electron chi connectivity index (χ1n) is 7.51. The van der Waals surface area contributed by atoms with Crippen molar-refractivity contribution in [3.8, 4) is 0 Å². The van der Waals surface area contributed by atoms with Crippen LogP contribution in [-0.4, -0.2) is 25.6 Å². The molecule has 8 heteroatoms. The number of aliphatic hydroxyl groups is 1. The van der Waals surface area contributed by atoms with Crippen molar-refractivity contribution < 1.29 is 18.6 Å². The maximum atomic E-state index is 14.5. The molecular weight excluding hydrogens is 335 g/mol. The Bertz CT molecular complexity index is 658. The summed E-state index contributed by atoms with van der Waals surface area (Å²) in [6.07, 6.45) is 0. The Morgan fingerprint density at radius 3 is 2.21 bits per heavy atom. The fourth-order valence-electron chi connectivity index (χ4n) is 2.06. The van der Waals surface area contributed by atoms with Crippen LogP contribution < -0.4 is 4.72 Å². The van der Waals surface area contributed by atoms with Crippen LogP contribution in [0.15, 0.2) is 18.2 Å². The van der Waals surface area contributed by atoms with E-state index >= 15 is 0 Å². The van der Waals surface area contributed by atoms with Crippen LogP contribution in [0.2, 0.25) is 0 Å². The lowest BCUT2D eigenvalue weighted by Gasteiger charge is -2.45. The van der Waals surface area contributed by atoms with Gasteiger partial charge in [-0.3, -0.25) is 10.1 Å². The van der Waals surface area contributed by atoms with E-state index in [1.807, 2.05) is 0 Å². The molecule has 0 aliphatic carbocycles. The predicted octanol–water partition coefficient (Wildman–Crippen LogP) is 3.02. The molecule has 0 amide bonds. The van der Waals surface area contributed by atoms with E-state index in [1.54, 1.807) is 41.5 Å². The summed E-state index contributed by atoms with van der Waals surface area (Å²) in [5.41, 5.74) is -2.51. The number of rotatable bonds is 6. The molecule has 1 aromatic carbocycles. The van der Waals surface area contributed by atoms with Crippen molar-refractivity contribution in [2.24, 2.45) is 5.41 Å². The SMILES string of the molecule is CC(C)(C)[S@@](=O)N[C@](C)(c1cc([N+](=O)[O-])ccc1F)C(C)(C)CO. The van der Waals surface area contributed by atoms with Gasteiger partial charge in [0, 0.05) is 23.1 Å². The molecule has 0 bridgehead atoms. The molecule has 1 aromatic rings. The van der Waals surface area contributed by atoms with Crippen LogP contribution in [-0.2, 0) is 16.5 Å². The summed E-state index contributed by atoms with van der Waals surface area (Å²) in [6, 6.07) is 3.21. The van der Waals surface area contributed by atoms with Gasteiger partial charge in [-0.15, -0.1) is 0 Å². The van der Waals surface area contributed by atoms with Gasteiger partial charge in [0.15, 0.2) is 0 Å². The maximum absolute atomic E-state index is 14.5. The number of hydrogen-bond donors (Lipinski definition) is 2. The van der Waals surface area contributed by atoms with Crippen LogP contribution in [0.25, 0.3) is 0 Å². The second-order valence-corrected chi connectivity index (χ2v) is 9.54. The van der Waals surface area contributed by atoms with E-state index in [0.717, 1.165) is 18.2 Å². The molecule has 0 saturated carbocycles. The number of halogens is 1. The minimum atomic E-state index is -1.58. The molecule has 0 saturated heterocycles. The Kier molecular flexibility index (Phi) is 5.90. The average molecular weight is 360 g/mol. The van der Waals surface area contributed by atoms with Gasteiger partial charge in [-0.1, -0.05) is 13.8 Å². The largest absolute Gasteiger partial charge is 0.396 e. The van der Waals surface area contributed by atoms with Crippen LogP contribution in [0.4, 0.5) is 10.1 Å². The number of non-ortho nitro benzene ring substituents is 1. The van der Waals surface area contributed by atoms with Crippen molar-refractivity contribution >= 4 is 16.7 Å². The normalized spacial score (nSPS) is 16.5. The monoisotopic (exact) mass is 360 g/mol. The molecule has 0 aromatic heterocycles. The number of nitrogens with zero attached hydrogens (tertiary/aromatic N) is 1. The summed E-state index contributed by atoms with van der Waals surface area (Å²) in [7, 11) is -1.58. The predicted molar refractivity (Wildman–Crippen MR) is 92.3 cm³/mol. The van der Waals surface area contributed by atoms with E-state index in [0.29, 0.717) is 0 Å². The molecular formula is C16H25FN2O4S. The lowest BCUT2D eigenvalue weighted by atomic mass is 9.70. The van der Waals surface area contributed by atoms with Gasteiger partial charge >= 0.3 is 0 Å². The smallest absolute Gasteiger partial charge is 0.269 e. The topological polar surface area (TPSA) is 92.5 Å². The molecule has 2 atom stereocenters. The Balaban J connectivity index is 3.58. The highest BCUT2D eigenvalue weighted by Crippen LogP contribution is 2.42. The first-order chi connectivity index (χ1) is 10.8. The Morgan fingerprint density at radius 1 is 1.25 bits per heavy atom. The molecule has 0 fully saturated rings. The highest BCUT2D eigenvalue weighted by atomic mass is 32.2. The fourth-order valence-corrected chi connectivity index (χ4v) is 3.13. The van der Waals surface area contributed by atoms with Gasteiger partial charge in [0.05, 0.1) is 32.8 Å². The lowest BCUT2D eigenvalue weighted by molar-refractivity contribution is -0.385. The van der Waals surface area contributed by atoms with E-state index in [2.05, 4.69) is 4.72 Å². The van der Waals surface area contributed by atoms with E-state index < -0.39 is 37.4 Å². The minimum absolute atomic E-state index is 0.00616. The van der Waals surface area contributed by atoms with Crippen LogP contribution in [0.5, 0.6) is 0 Å². The Labute approximate surface area is 144 Å². The van der Waals surface area contributed by atoms with E-state index in [1.165, 1.54) is 0 Å². The number of nitrogens with one attached hydrogen (secondary N) is 1. The molecule has 6 nitrogen and oxygen atoms in total. The minimum Gasteiger partial charge on any atom is -0.396 e. The maximum Gasteiger partial charge on any atom is 0.269 e. The molecule has 1 rings (SSSR count). The number of nitro benzene ring substituents is 1. The van der Waals surface area contributed by atoms with Gasteiger partial charge in [-0.25, -0.2) is 13.3 Å². The first kappa shape index (κ1) is 20.7. The quantitative estimate of drug-likeness (QED) is 0.602. The highest BCUT2D eigenvalue weighted by molar-refractivity contribution is 7.84. The lowest BCUT2D eigenvalue weighted by Crippen LogP contribution is -2.56. The third kappa shape index (κ3) is 3.99. The van der Waals surface area contributed by atoms with Gasteiger partial charge in [0.2, 0.25) is 0 Å². The van der Waals surface area contributed by atoms with Crippen LogP contribution >= 0.6 is 0 Å². The van der Waals surface area contributed by atoms with Crippen molar-refractivity contribution in [1.82, 2.24) is 4.72 Å². The van der Waals surface area contributed by atoms with Gasteiger partial charge in [0.1, 0.15) is 5.82 Å². The van der Waals surface area contributed by atoms with Crippen LogP contribution in [0.1, 0.15) is 47.1 Å².